The van der Waals surface area contributed by atoms with E-state index in [0.29, 0.717) is 19.8 Å². The number of hydrogen-bond acceptors (Lipinski definition) is 4. The van der Waals surface area contributed by atoms with Crippen LogP contribution in [0.4, 0.5) is 4.79 Å². The third-order valence-electron chi connectivity index (χ3n) is 7.21. The molecule has 5 heteroatoms. The smallest absolute Gasteiger partial charge is 0.410 e. The Morgan fingerprint density at radius 1 is 0.941 bits per heavy atom. The van der Waals surface area contributed by atoms with Gasteiger partial charge in [-0.15, -0.1) is 0 Å². The monoisotopic (exact) mass is 453 g/mol. The van der Waals surface area contributed by atoms with E-state index in [1.807, 2.05) is 17.0 Å². The highest BCUT2D eigenvalue weighted by molar-refractivity contribution is 5.79. The van der Waals surface area contributed by atoms with Crippen molar-refractivity contribution in [1.29, 1.82) is 0 Å². The number of fused-ring (bicyclic) bond motifs is 5. The van der Waals surface area contributed by atoms with E-state index in [1.165, 1.54) is 27.8 Å². The molecule has 1 aliphatic carbocycles. The van der Waals surface area contributed by atoms with Crippen molar-refractivity contribution in [1.82, 2.24) is 4.90 Å². The molecule has 0 aromatic heterocycles. The predicted octanol–water partition coefficient (Wildman–Crippen LogP) is 5.50. The average Bonchev–Trinajstić information content (AvgIpc) is 3.20. The van der Waals surface area contributed by atoms with E-state index < -0.39 is 0 Å². The SMILES string of the molecule is COc1ccc(C2=CC3COCC(C2)N3C(=O)OCC2c3ccccc3-c3ccccc32)cc1. The number of nitrogens with zero attached hydrogens (tertiary/aromatic N) is 1. The molecule has 1 saturated heterocycles. The zero-order chi connectivity index (χ0) is 23.1. The lowest BCUT2D eigenvalue weighted by Gasteiger charge is -2.44. The topological polar surface area (TPSA) is 48.0 Å². The summed E-state index contributed by atoms with van der Waals surface area (Å²) in [5, 5.41) is 0. The van der Waals surface area contributed by atoms with Gasteiger partial charge in [-0.1, -0.05) is 66.7 Å². The molecular formula is C29H27NO4. The number of benzene rings is 3. The predicted molar refractivity (Wildman–Crippen MR) is 131 cm³/mol. The summed E-state index contributed by atoms with van der Waals surface area (Å²) in [7, 11) is 1.67. The molecule has 1 amide bonds. The third-order valence-corrected chi connectivity index (χ3v) is 7.21. The molecule has 34 heavy (non-hydrogen) atoms. The van der Waals surface area contributed by atoms with Gasteiger partial charge in [0.1, 0.15) is 12.4 Å². The van der Waals surface area contributed by atoms with Crippen LogP contribution >= 0.6 is 0 Å². The standard InChI is InChI=1S/C29H27NO4/c1-32-23-12-10-19(11-13-23)20-14-21-16-33-17-22(15-20)30(21)29(31)34-18-28-26-8-4-2-6-24(26)25-7-3-5-9-27(25)28/h2-14,21-22,28H,15-18H2,1H3. The Morgan fingerprint density at radius 2 is 1.62 bits per heavy atom. The Morgan fingerprint density at radius 3 is 2.26 bits per heavy atom. The van der Waals surface area contributed by atoms with Crippen molar-refractivity contribution in [2.45, 2.75) is 24.4 Å². The summed E-state index contributed by atoms with van der Waals surface area (Å²) in [5.74, 6) is 0.895. The van der Waals surface area contributed by atoms with Crippen molar-refractivity contribution < 1.29 is 19.0 Å². The van der Waals surface area contributed by atoms with E-state index in [9.17, 15) is 4.79 Å². The summed E-state index contributed by atoms with van der Waals surface area (Å²) in [6.45, 7) is 1.34. The van der Waals surface area contributed by atoms with Crippen molar-refractivity contribution in [3.63, 3.8) is 0 Å². The minimum absolute atomic E-state index is 0.0310. The highest BCUT2D eigenvalue weighted by atomic mass is 16.6. The second-order valence-corrected chi connectivity index (χ2v) is 9.09. The molecule has 2 bridgehead atoms. The Labute approximate surface area is 199 Å². The maximum atomic E-state index is 13.3. The van der Waals surface area contributed by atoms with E-state index in [4.69, 9.17) is 14.2 Å². The quantitative estimate of drug-likeness (QED) is 0.523. The Kier molecular flexibility index (Phi) is 5.34. The first-order valence-electron chi connectivity index (χ1n) is 11.8. The van der Waals surface area contributed by atoms with Gasteiger partial charge in [-0.25, -0.2) is 4.79 Å². The van der Waals surface area contributed by atoms with Crippen LogP contribution in [0.15, 0.2) is 78.9 Å². The van der Waals surface area contributed by atoms with Crippen LogP contribution in [-0.2, 0) is 9.47 Å². The fourth-order valence-corrected chi connectivity index (χ4v) is 5.57. The lowest BCUT2D eigenvalue weighted by Crippen LogP contribution is -2.56. The molecule has 2 unspecified atom stereocenters. The second-order valence-electron chi connectivity index (χ2n) is 9.09. The summed E-state index contributed by atoms with van der Waals surface area (Å²) in [6.07, 6.45) is 2.64. The molecule has 6 rings (SSSR count). The van der Waals surface area contributed by atoms with Gasteiger partial charge in [-0.3, -0.25) is 4.90 Å². The van der Waals surface area contributed by atoms with E-state index >= 15 is 0 Å². The van der Waals surface area contributed by atoms with Gasteiger partial charge >= 0.3 is 6.09 Å². The van der Waals surface area contributed by atoms with Crippen LogP contribution in [0.2, 0.25) is 0 Å². The summed E-state index contributed by atoms with van der Waals surface area (Å²) >= 11 is 0. The number of rotatable bonds is 4. The lowest BCUT2D eigenvalue weighted by molar-refractivity contribution is -0.0331. The van der Waals surface area contributed by atoms with Gasteiger partial charge in [0.15, 0.2) is 0 Å². The first-order valence-corrected chi connectivity index (χ1v) is 11.8. The fourth-order valence-electron chi connectivity index (χ4n) is 5.57. The van der Waals surface area contributed by atoms with Crippen LogP contribution in [0, 0.1) is 0 Å². The van der Waals surface area contributed by atoms with Crippen LogP contribution in [0.1, 0.15) is 29.0 Å². The number of morpholine rings is 1. The van der Waals surface area contributed by atoms with Gasteiger partial charge in [-0.05, 0) is 51.9 Å². The molecule has 2 atom stereocenters. The molecule has 3 aromatic rings. The van der Waals surface area contributed by atoms with Gasteiger partial charge in [0.25, 0.3) is 0 Å². The molecule has 172 valence electrons. The molecule has 2 aliphatic heterocycles. The molecule has 0 N–H and O–H groups in total. The number of hydrogen-bond donors (Lipinski definition) is 0. The van der Waals surface area contributed by atoms with Crippen molar-refractivity contribution >= 4 is 11.7 Å². The summed E-state index contributed by atoms with van der Waals surface area (Å²) in [5.41, 5.74) is 7.30. The molecule has 0 radical (unpaired) electrons. The van der Waals surface area contributed by atoms with E-state index in [2.05, 4.69) is 66.7 Å². The van der Waals surface area contributed by atoms with Gasteiger partial charge in [0.05, 0.1) is 32.4 Å². The number of amides is 1. The molecule has 0 saturated carbocycles. The Balaban J connectivity index is 1.20. The highest BCUT2D eigenvalue weighted by Crippen LogP contribution is 2.44. The van der Waals surface area contributed by atoms with E-state index in [-0.39, 0.29) is 24.1 Å². The molecule has 5 nitrogen and oxygen atoms in total. The van der Waals surface area contributed by atoms with Gasteiger partial charge in [-0.2, -0.15) is 0 Å². The largest absolute Gasteiger partial charge is 0.497 e. The number of methoxy groups -OCH3 is 1. The average molecular weight is 454 g/mol. The van der Waals surface area contributed by atoms with Gasteiger partial charge in [0, 0.05) is 5.92 Å². The number of carbonyl (C=O) groups is 1. The first-order chi connectivity index (χ1) is 16.7. The van der Waals surface area contributed by atoms with Crippen LogP contribution in [0.5, 0.6) is 5.75 Å². The van der Waals surface area contributed by atoms with E-state index in [1.54, 1.807) is 7.11 Å². The molecule has 3 aromatic carbocycles. The van der Waals surface area contributed by atoms with Crippen molar-refractivity contribution in [2.75, 3.05) is 26.9 Å². The van der Waals surface area contributed by atoms with Crippen LogP contribution in [-0.4, -0.2) is 50.0 Å². The van der Waals surface area contributed by atoms with Gasteiger partial charge in [0.2, 0.25) is 0 Å². The third kappa shape index (κ3) is 3.57. The van der Waals surface area contributed by atoms with Crippen LogP contribution in [0.3, 0.4) is 0 Å². The molecular weight excluding hydrogens is 426 g/mol. The van der Waals surface area contributed by atoms with Crippen molar-refractivity contribution in [3.05, 3.63) is 95.6 Å². The number of ether oxygens (including phenoxy) is 3. The Bertz CT molecular complexity index is 1200. The van der Waals surface area contributed by atoms with E-state index in [0.717, 1.165) is 17.7 Å². The highest BCUT2D eigenvalue weighted by Gasteiger charge is 2.39. The molecule has 0 spiro atoms. The molecule has 1 fully saturated rings. The Hall–Kier alpha value is -3.57. The van der Waals surface area contributed by atoms with Crippen LogP contribution < -0.4 is 4.74 Å². The van der Waals surface area contributed by atoms with Gasteiger partial charge < -0.3 is 14.2 Å². The summed E-state index contributed by atoms with van der Waals surface area (Å²) < 4.78 is 17.1. The fraction of sp³-hybridized carbons (Fsp3) is 0.276. The first kappa shape index (κ1) is 21.0. The van der Waals surface area contributed by atoms with Crippen molar-refractivity contribution in [2.24, 2.45) is 0 Å². The second kappa shape index (κ2) is 8.65. The minimum Gasteiger partial charge on any atom is -0.497 e. The van der Waals surface area contributed by atoms with Crippen LogP contribution in [0.25, 0.3) is 16.7 Å². The lowest BCUT2D eigenvalue weighted by atomic mass is 9.90. The molecule has 2 heterocycles. The summed E-state index contributed by atoms with van der Waals surface area (Å²) in [4.78, 5) is 15.2. The number of carbonyl (C=O) groups excluding carboxylic acids is 1. The molecule has 3 aliphatic rings. The normalized spacial score (nSPS) is 20.9. The zero-order valence-electron chi connectivity index (χ0n) is 19.1. The van der Waals surface area contributed by atoms with Crippen molar-refractivity contribution in [3.8, 4) is 16.9 Å². The summed E-state index contributed by atoms with van der Waals surface area (Å²) in [6, 6.07) is 24.7. The minimum atomic E-state index is -0.259. The maximum Gasteiger partial charge on any atom is 0.410 e. The maximum absolute atomic E-state index is 13.3. The zero-order valence-corrected chi connectivity index (χ0v) is 19.1.